The van der Waals surface area contributed by atoms with Crippen LogP contribution in [0.5, 0.6) is 0 Å². The highest BCUT2D eigenvalue weighted by molar-refractivity contribution is 4.80. The normalized spacial score (nSPS) is 12.8. The van der Waals surface area contributed by atoms with Crippen LogP contribution in [-0.4, -0.2) is 31.1 Å². The average molecular weight is 182 g/mol. The number of nitrogens with two attached hydrogens (primary N) is 1. The van der Waals surface area contributed by atoms with Gasteiger partial charge in [0.1, 0.15) is 0 Å². The van der Waals surface area contributed by atoms with Gasteiger partial charge in [0.15, 0.2) is 0 Å². The summed E-state index contributed by atoms with van der Waals surface area (Å²) < 4.78 is 0. The van der Waals surface area contributed by atoms with Crippen molar-refractivity contribution >= 4 is 0 Å². The van der Waals surface area contributed by atoms with Crippen molar-refractivity contribution in [2.45, 2.75) is 13.3 Å². The van der Waals surface area contributed by atoms with Crippen LogP contribution in [0, 0.1) is 5.92 Å². The Kier molecular flexibility index (Phi) is 7.65. The third-order valence-corrected chi connectivity index (χ3v) is 2.00. The summed E-state index contributed by atoms with van der Waals surface area (Å²) in [5, 5.41) is 0. The second-order valence-corrected chi connectivity index (χ2v) is 3.48. The number of hydrogen-bond donors (Lipinski definition) is 1. The zero-order valence-corrected chi connectivity index (χ0v) is 8.71. The van der Waals surface area contributed by atoms with E-state index in [4.69, 9.17) is 5.73 Å². The summed E-state index contributed by atoms with van der Waals surface area (Å²) in [6.07, 6.45) is 4.95. The molecule has 1 atom stereocenters. The number of nitrogens with zero attached hydrogens (tertiary/aromatic N) is 1. The van der Waals surface area contributed by atoms with E-state index in [1.165, 1.54) is 0 Å². The van der Waals surface area contributed by atoms with E-state index in [9.17, 15) is 0 Å². The van der Waals surface area contributed by atoms with Gasteiger partial charge in [0.2, 0.25) is 0 Å². The molecule has 2 nitrogen and oxygen atoms in total. The highest BCUT2D eigenvalue weighted by atomic mass is 15.1. The Morgan fingerprint density at radius 2 is 1.85 bits per heavy atom. The molecule has 0 fully saturated rings. The van der Waals surface area contributed by atoms with E-state index in [-0.39, 0.29) is 0 Å². The molecular weight excluding hydrogens is 160 g/mol. The Morgan fingerprint density at radius 3 is 2.23 bits per heavy atom. The Labute approximate surface area is 82.1 Å². The van der Waals surface area contributed by atoms with Gasteiger partial charge in [0.25, 0.3) is 0 Å². The van der Waals surface area contributed by atoms with Gasteiger partial charge >= 0.3 is 0 Å². The second kappa shape index (κ2) is 8.02. The van der Waals surface area contributed by atoms with Crippen LogP contribution in [-0.2, 0) is 0 Å². The van der Waals surface area contributed by atoms with Crippen LogP contribution in [0.2, 0.25) is 0 Å². The highest BCUT2D eigenvalue weighted by Crippen LogP contribution is 2.03. The van der Waals surface area contributed by atoms with Gasteiger partial charge in [-0.2, -0.15) is 0 Å². The van der Waals surface area contributed by atoms with Gasteiger partial charge in [-0.05, 0) is 18.9 Å². The molecule has 0 bridgehead atoms. The summed E-state index contributed by atoms with van der Waals surface area (Å²) in [6.45, 7) is 13.4. The van der Waals surface area contributed by atoms with E-state index in [1.807, 2.05) is 12.2 Å². The minimum absolute atomic E-state index is 0.657. The maximum atomic E-state index is 5.49. The van der Waals surface area contributed by atoms with E-state index in [2.05, 4.69) is 25.0 Å². The fourth-order valence-electron chi connectivity index (χ4n) is 1.41. The molecule has 0 aliphatic carbocycles. The molecule has 76 valence electrons. The monoisotopic (exact) mass is 182 g/mol. The Morgan fingerprint density at radius 1 is 1.31 bits per heavy atom. The lowest BCUT2D eigenvalue weighted by Gasteiger charge is -2.22. The van der Waals surface area contributed by atoms with Gasteiger partial charge in [-0.1, -0.05) is 19.1 Å². The van der Waals surface area contributed by atoms with Crippen molar-refractivity contribution in [1.29, 1.82) is 0 Å². The van der Waals surface area contributed by atoms with Gasteiger partial charge in [-0.3, -0.25) is 4.90 Å². The van der Waals surface area contributed by atoms with Crippen LogP contribution in [0.3, 0.4) is 0 Å². The summed E-state index contributed by atoms with van der Waals surface area (Å²) in [4.78, 5) is 2.32. The first-order valence-electron chi connectivity index (χ1n) is 4.88. The average Bonchev–Trinajstić information content (AvgIpc) is 2.05. The largest absolute Gasteiger partial charge is 0.330 e. The lowest BCUT2D eigenvalue weighted by atomic mass is 10.1. The molecule has 0 spiro atoms. The topological polar surface area (TPSA) is 29.3 Å². The molecule has 0 rings (SSSR count). The molecule has 0 aliphatic heterocycles. The number of hydrogen-bond acceptors (Lipinski definition) is 2. The molecule has 1 unspecified atom stereocenters. The Bertz CT molecular complexity index is 133. The van der Waals surface area contributed by atoms with Gasteiger partial charge in [-0.15, -0.1) is 13.2 Å². The van der Waals surface area contributed by atoms with Crippen LogP contribution in [0.15, 0.2) is 25.3 Å². The molecule has 2 N–H and O–H groups in total. The first kappa shape index (κ1) is 12.4. The van der Waals surface area contributed by atoms with Crippen LogP contribution in [0.1, 0.15) is 13.3 Å². The zero-order valence-electron chi connectivity index (χ0n) is 8.71. The predicted molar refractivity (Wildman–Crippen MR) is 59.7 cm³/mol. The van der Waals surface area contributed by atoms with Gasteiger partial charge in [-0.25, -0.2) is 0 Å². The molecule has 0 aromatic heterocycles. The summed E-state index contributed by atoms with van der Waals surface area (Å²) >= 11 is 0. The summed E-state index contributed by atoms with van der Waals surface area (Å²) in [5.41, 5.74) is 5.49. The summed E-state index contributed by atoms with van der Waals surface area (Å²) in [5.74, 6) is 0.657. The quantitative estimate of drug-likeness (QED) is 0.578. The van der Waals surface area contributed by atoms with E-state index in [1.54, 1.807) is 0 Å². The van der Waals surface area contributed by atoms with Crippen molar-refractivity contribution in [3.05, 3.63) is 25.3 Å². The first-order valence-corrected chi connectivity index (χ1v) is 4.88. The van der Waals surface area contributed by atoms with E-state index in [0.29, 0.717) is 5.92 Å². The van der Waals surface area contributed by atoms with Crippen molar-refractivity contribution in [1.82, 2.24) is 4.90 Å². The molecule has 0 saturated carbocycles. The summed E-state index contributed by atoms with van der Waals surface area (Å²) in [6, 6.07) is 0. The standard InChI is InChI=1S/C11H22N2/c1-4-8-13(9-5-2)10-11(3)6-7-12/h4-5,11H,1-2,6-10,12H2,3H3. The molecule has 13 heavy (non-hydrogen) atoms. The minimum Gasteiger partial charge on any atom is -0.330 e. The smallest absolute Gasteiger partial charge is 0.0164 e. The minimum atomic E-state index is 0.657. The van der Waals surface area contributed by atoms with Crippen molar-refractivity contribution in [3.8, 4) is 0 Å². The Hall–Kier alpha value is -0.600. The fourth-order valence-corrected chi connectivity index (χ4v) is 1.41. The Balaban J connectivity index is 3.77. The SMILES string of the molecule is C=CCN(CC=C)CC(C)CCN. The lowest BCUT2D eigenvalue weighted by Crippen LogP contribution is -2.29. The first-order chi connectivity index (χ1) is 6.24. The van der Waals surface area contributed by atoms with Crippen molar-refractivity contribution in [2.75, 3.05) is 26.2 Å². The van der Waals surface area contributed by atoms with Crippen molar-refractivity contribution in [3.63, 3.8) is 0 Å². The maximum Gasteiger partial charge on any atom is 0.0164 e. The molecular formula is C11H22N2. The molecule has 0 heterocycles. The third kappa shape index (κ3) is 6.55. The van der Waals surface area contributed by atoms with Crippen LogP contribution in [0.25, 0.3) is 0 Å². The van der Waals surface area contributed by atoms with E-state index in [0.717, 1.165) is 32.6 Å². The van der Waals surface area contributed by atoms with E-state index < -0.39 is 0 Å². The predicted octanol–water partition coefficient (Wildman–Crippen LogP) is 1.65. The second-order valence-electron chi connectivity index (χ2n) is 3.48. The van der Waals surface area contributed by atoms with Crippen LogP contribution >= 0.6 is 0 Å². The highest BCUT2D eigenvalue weighted by Gasteiger charge is 2.06. The maximum absolute atomic E-state index is 5.49. The van der Waals surface area contributed by atoms with Crippen LogP contribution < -0.4 is 5.73 Å². The van der Waals surface area contributed by atoms with Gasteiger partial charge in [0, 0.05) is 19.6 Å². The van der Waals surface area contributed by atoms with Crippen LogP contribution in [0.4, 0.5) is 0 Å². The van der Waals surface area contributed by atoms with E-state index >= 15 is 0 Å². The zero-order chi connectivity index (χ0) is 10.1. The summed E-state index contributed by atoms with van der Waals surface area (Å²) in [7, 11) is 0. The third-order valence-electron chi connectivity index (χ3n) is 2.00. The molecule has 0 aliphatic rings. The fraction of sp³-hybridized carbons (Fsp3) is 0.636. The van der Waals surface area contributed by atoms with Crippen molar-refractivity contribution in [2.24, 2.45) is 11.7 Å². The molecule has 0 aromatic carbocycles. The van der Waals surface area contributed by atoms with Crippen molar-refractivity contribution < 1.29 is 0 Å². The van der Waals surface area contributed by atoms with Gasteiger partial charge < -0.3 is 5.73 Å². The number of rotatable bonds is 8. The molecule has 0 amide bonds. The molecule has 2 heteroatoms. The molecule has 0 saturated heterocycles. The van der Waals surface area contributed by atoms with Gasteiger partial charge in [0.05, 0.1) is 0 Å². The lowest BCUT2D eigenvalue weighted by molar-refractivity contribution is 0.279. The molecule has 0 aromatic rings. The molecule has 0 radical (unpaired) electrons.